The first-order valence-electron chi connectivity index (χ1n) is 14.4. The number of hydrogen-bond acceptors (Lipinski definition) is 5. The predicted molar refractivity (Wildman–Crippen MR) is 163 cm³/mol. The second kappa shape index (κ2) is 13.1. The van der Waals surface area contributed by atoms with E-state index in [1.54, 1.807) is 50.8 Å². The number of rotatable bonds is 9. The van der Waals surface area contributed by atoms with Crippen LogP contribution in [-0.2, 0) is 20.7 Å². The van der Waals surface area contributed by atoms with Gasteiger partial charge >= 0.3 is 6.09 Å². The summed E-state index contributed by atoms with van der Waals surface area (Å²) in [5.74, 6) is -0.637. The fourth-order valence-corrected chi connectivity index (χ4v) is 5.06. The van der Waals surface area contributed by atoms with Crippen LogP contribution in [0.2, 0.25) is 0 Å². The van der Waals surface area contributed by atoms with Gasteiger partial charge in [0.2, 0.25) is 5.91 Å². The molecule has 2 atom stereocenters. The van der Waals surface area contributed by atoms with Gasteiger partial charge in [0, 0.05) is 18.2 Å². The first-order chi connectivity index (χ1) is 19.9. The summed E-state index contributed by atoms with van der Waals surface area (Å²) in [6, 6.07) is 19.7. The number of ether oxygens (including phenoxy) is 1. The molecule has 8 heteroatoms. The van der Waals surface area contributed by atoms with Gasteiger partial charge in [-0.05, 0) is 94.3 Å². The number of alkyl carbamates (subject to hydrolysis) is 1. The number of carbonyl (C=O) groups excluding carboxylic acids is 3. The molecule has 3 amide bonds. The van der Waals surface area contributed by atoms with Crippen molar-refractivity contribution in [3.05, 3.63) is 95.1 Å². The minimum Gasteiger partial charge on any atom is -0.508 e. The number of aromatic hydroxyl groups is 1. The molecule has 2 unspecified atom stereocenters. The first-order valence-corrected chi connectivity index (χ1v) is 14.4. The van der Waals surface area contributed by atoms with Crippen molar-refractivity contribution < 1.29 is 24.2 Å². The largest absolute Gasteiger partial charge is 0.508 e. The number of benzene rings is 3. The topological polar surface area (TPSA) is 108 Å². The number of nitrogens with zero attached hydrogens (tertiary/aromatic N) is 1. The van der Waals surface area contributed by atoms with E-state index in [-0.39, 0.29) is 30.0 Å². The van der Waals surface area contributed by atoms with E-state index in [2.05, 4.69) is 10.6 Å². The molecule has 1 saturated carbocycles. The minimum atomic E-state index is -1.000. The minimum absolute atomic E-state index is 0.104. The molecule has 0 spiro atoms. The monoisotopic (exact) mass is 571 g/mol. The van der Waals surface area contributed by atoms with Crippen LogP contribution in [0.5, 0.6) is 5.75 Å². The summed E-state index contributed by atoms with van der Waals surface area (Å²) in [4.78, 5) is 43.4. The SMILES string of the molecule is Cc1cc(C(C(=O)Nc2ccccc2C)N(C(=O)C(Cc2ccccc2)NC(=O)OC(C)(C)C)C2CCC2)ccc1O. The van der Waals surface area contributed by atoms with Crippen LogP contribution in [0, 0.1) is 13.8 Å². The summed E-state index contributed by atoms with van der Waals surface area (Å²) in [5.41, 5.74) is 2.82. The van der Waals surface area contributed by atoms with Crippen molar-refractivity contribution in [1.82, 2.24) is 10.2 Å². The molecule has 0 aromatic heterocycles. The second-order valence-corrected chi connectivity index (χ2v) is 12.0. The molecule has 4 rings (SSSR count). The van der Waals surface area contributed by atoms with Crippen LogP contribution in [0.1, 0.15) is 68.3 Å². The lowest BCUT2D eigenvalue weighted by molar-refractivity contribution is -0.145. The Morgan fingerprint density at radius 2 is 1.62 bits per heavy atom. The van der Waals surface area contributed by atoms with Gasteiger partial charge < -0.3 is 25.4 Å². The van der Waals surface area contributed by atoms with Crippen LogP contribution in [-0.4, -0.2) is 45.6 Å². The van der Waals surface area contributed by atoms with Gasteiger partial charge in [-0.15, -0.1) is 0 Å². The van der Waals surface area contributed by atoms with Crippen molar-refractivity contribution in [3.63, 3.8) is 0 Å². The van der Waals surface area contributed by atoms with E-state index in [0.29, 0.717) is 16.8 Å². The highest BCUT2D eigenvalue weighted by atomic mass is 16.6. The van der Waals surface area contributed by atoms with E-state index in [4.69, 9.17) is 4.74 Å². The molecule has 0 aliphatic heterocycles. The third kappa shape index (κ3) is 7.69. The average molecular weight is 572 g/mol. The molecule has 0 radical (unpaired) electrons. The number of amides is 3. The first kappa shape index (κ1) is 30.6. The van der Waals surface area contributed by atoms with Crippen molar-refractivity contribution in [2.45, 2.75) is 84.0 Å². The molecule has 222 valence electrons. The normalized spacial score (nSPS) is 14.7. The lowest BCUT2D eigenvalue weighted by Gasteiger charge is -2.43. The van der Waals surface area contributed by atoms with Crippen molar-refractivity contribution in [2.24, 2.45) is 0 Å². The van der Waals surface area contributed by atoms with Gasteiger partial charge in [0.1, 0.15) is 23.4 Å². The Labute approximate surface area is 248 Å². The number of phenolic OH excluding ortho intramolecular Hbond substituents is 1. The zero-order valence-electron chi connectivity index (χ0n) is 25.0. The fraction of sp³-hybridized carbons (Fsp3) is 0.382. The third-order valence-electron chi connectivity index (χ3n) is 7.46. The maximum atomic E-state index is 14.6. The Morgan fingerprint density at radius 1 is 0.952 bits per heavy atom. The molecule has 3 N–H and O–H groups in total. The van der Waals surface area contributed by atoms with Crippen molar-refractivity contribution in [2.75, 3.05) is 5.32 Å². The molecular weight excluding hydrogens is 530 g/mol. The lowest BCUT2D eigenvalue weighted by atomic mass is 9.87. The number of aryl methyl sites for hydroxylation is 2. The molecule has 1 aliphatic carbocycles. The Morgan fingerprint density at radius 3 is 2.21 bits per heavy atom. The Bertz CT molecular complexity index is 1410. The Balaban J connectivity index is 1.77. The number of phenols is 1. The number of hydrogen-bond donors (Lipinski definition) is 3. The highest BCUT2D eigenvalue weighted by Crippen LogP contribution is 2.36. The molecule has 3 aromatic carbocycles. The van der Waals surface area contributed by atoms with Gasteiger partial charge in [-0.25, -0.2) is 4.79 Å². The molecule has 0 bridgehead atoms. The smallest absolute Gasteiger partial charge is 0.408 e. The van der Waals surface area contributed by atoms with E-state index in [1.807, 2.05) is 61.5 Å². The quantitative estimate of drug-likeness (QED) is 0.283. The summed E-state index contributed by atoms with van der Waals surface area (Å²) in [6.45, 7) is 8.96. The van der Waals surface area contributed by atoms with Crippen molar-refractivity contribution >= 4 is 23.6 Å². The van der Waals surface area contributed by atoms with Gasteiger partial charge in [0.05, 0.1) is 0 Å². The van der Waals surface area contributed by atoms with E-state index in [9.17, 15) is 19.5 Å². The number of para-hydroxylation sites is 1. The molecular formula is C34H41N3O5. The van der Waals surface area contributed by atoms with Gasteiger partial charge in [0.25, 0.3) is 5.91 Å². The van der Waals surface area contributed by atoms with Crippen LogP contribution in [0.4, 0.5) is 10.5 Å². The molecule has 0 saturated heterocycles. The average Bonchev–Trinajstić information content (AvgIpc) is 2.89. The molecule has 0 heterocycles. The fourth-order valence-electron chi connectivity index (χ4n) is 5.06. The van der Waals surface area contributed by atoms with Crippen molar-refractivity contribution in [3.8, 4) is 5.75 Å². The summed E-state index contributed by atoms with van der Waals surface area (Å²) in [5, 5.41) is 16.1. The number of carbonyl (C=O) groups is 3. The van der Waals surface area contributed by atoms with E-state index < -0.39 is 23.8 Å². The molecule has 1 aliphatic rings. The zero-order valence-corrected chi connectivity index (χ0v) is 25.0. The Kier molecular flexibility index (Phi) is 9.55. The summed E-state index contributed by atoms with van der Waals surface area (Å²) in [7, 11) is 0. The molecule has 8 nitrogen and oxygen atoms in total. The van der Waals surface area contributed by atoms with E-state index in [0.717, 1.165) is 30.4 Å². The van der Waals surface area contributed by atoms with Crippen LogP contribution < -0.4 is 10.6 Å². The summed E-state index contributed by atoms with van der Waals surface area (Å²) < 4.78 is 5.52. The Hall–Kier alpha value is -4.33. The molecule has 42 heavy (non-hydrogen) atoms. The second-order valence-electron chi connectivity index (χ2n) is 12.0. The summed E-state index contributed by atoms with van der Waals surface area (Å²) in [6.07, 6.45) is 1.93. The predicted octanol–water partition coefficient (Wildman–Crippen LogP) is 6.21. The highest BCUT2D eigenvalue weighted by molar-refractivity contribution is 5.99. The standard InChI is InChI=1S/C34H41N3O5/c1-22-12-9-10-17-27(22)35-31(39)30(25-18-19-29(38)23(2)20-25)37(26-15-11-16-26)32(40)28(21-24-13-7-6-8-14-24)36-33(41)42-34(3,4)5/h6-10,12-14,17-20,26,28,30,38H,11,15-16,21H2,1-5H3,(H,35,39)(H,36,41). The third-order valence-corrected chi connectivity index (χ3v) is 7.46. The van der Waals surface area contributed by atoms with Crippen LogP contribution in [0.25, 0.3) is 0 Å². The zero-order chi connectivity index (χ0) is 30.4. The van der Waals surface area contributed by atoms with Crippen molar-refractivity contribution in [1.29, 1.82) is 0 Å². The van der Waals surface area contributed by atoms with Crippen LogP contribution >= 0.6 is 0 Å². The maximum Gasteiger partial charge on any atom is 0.408 e. The van der Waals surface area contributed by atoms with Crippen LogP contribution in [0.15, 0.2) is 72.8 Å². The lowest BCUT2D eigenvalue weighted by Crippen LogP contribution is -2.57. The number of anilines is 1. The number of nitrogens with one attached hydrogen (secondary N) is 2. The van der Waals surface area contributed by atoms with E-state index in [1.165, 1.54) is 0 Å². The van der Waals surface area contributed by atoms with Crippen LogP contribution in [0.3, 0.4) is 0 Å². The van der Waals surface area contributed by atoms with Gasteiger partial charge in [-0.2, -0.15) is 0 Å². The molecule has 3 aromatic rings. The van der Waals surface area contributed by atoms with Gasteiger partial charge in [-0.3, -0.25) is 9.59 Å². The van der Waals surface area contributed by atoms with E-state index >= 15 is 0 Å². The highest BCUT2D eigenvalue weighted by Gasteiger charge is 2.42. The van der Waals surface area contributed by atoms with Gasteiger partial charge in [0.15, 0.2) is 0 Å². The maximum absolute atomic E-state index is 14.6. The van der Waals surface area contributed by atoms with Gasteiger partial charge in [-0.1, -0.05) is 54.6 Å². The summed E-state index contributed by atoms with van der Waals surface area (Å²) >= 11 is 0. The molecule has 1 fully saturated rings.